The second kappa shape index (κ2) is 2.50. The van der Waals surface area contributed by atoms with Crippen LogP contribution in [0.5, 0.6) is 0 Å². The van der Waals surface area contributed by atoms with Crippen molar-refractivity contribution >= 4 is 0 Å². The molecule has 1 nitrogen and oxygen atoms in total. The van der Waals surface area contributed by atoms with Crippen molar-refractivity contribution in [2.45, 2.75) is 51.5 Å². The van der Waals surface area contributed by atoms with Crippen LogP contribution in [0.15, 0.2) is 0 Å². The Morgan fingerprint density at radius 1 is 1.23 bits per heavy atom. The molecule has 3 saturated carbocycles. The summed E-state index contributed by atoms with van der Waals surface area (Å²) in [5.74, 6) is 3.22. The van der Waals surface area contributed by atoms with E-state index in [1.807, 2.05) is 0 Å². The highest BCUT2D eigenvalue weighted by molar-refractivity contribution is 5.04. The van der Waals surface area contributed by atoms with Crippen molar-refractivity contribution in [3.05, 3.63) is 0 Å². The average molecular weight is 179 g/mol. The Labute approximate surface area is 81.1 Å². The van der Waals surface area contributed by atoms with Gasteiger partial charge in [-0.25, -0.2) is 0 Å². The van der Waals surface area contributed by atoms with Crippen molar-refractivity contribution in [1.29, 1.82) is 0 Å². The van der Waals surface area contributed by atoms with E-state index in [1.165, 1.54) is 25.7 Å². The van der Waals surface area contributed by atoms with Gasteiger partial charge in [0, 0.05) is 6.04 Å². The molecule has 0 amide bonds. The molecule has 3 bridgehead atoms. The predicted octanol–water partition coefficient (Wildman–Crippen LogP) is 2.55. The first-order valence-corrected chi connectivity index (χ1v) is 5.95. The molecular formula is C12H21N. The maximum Gasteiger partial charge on any atom is 0.00672 e. The summed E-state index contributed by atoms with van der Waals surface area (Å²) in [6.07, 6.45) is 8.92. The number of rotatable bonds is 1. The highest BCUT2D eigenvalue weighted by Gasteiger charge is 2.52. The summed E-state index contributed by atoms with van der Waals surface area (Å²) in [5, 5.41) is 0. The van der Waals surface area contributed by atoms with Crippen LogP contribution in [0.1, 0.15) is 45.4 Å². The zero-order chi connectivity index (χ0) is 9.05. The minimum Gasteiger partial charge on any atom is -0.327 e. The quantitative estimate of drug-likeness (QED) is 0.657. The fourth-order valence-electron chi connectivity index (χ4n) is 4.56. The second-order valence-electron chi connectivity index (χ2n) is 5.96. The van der Waals surface area contributed by atoms with E-state index in [1.54, 1.807) is 12.8 Å². The van der Waals surface area contributed by atoms with Crippen molar-refractivity contribution in [2.75, 3.05) is 0 Å². The third-order valence-electron chi connectivity index (χ3n) is 5.28. The van der Waals surface area contributed by atoms with Gasteiger partial charge in [-0.2, -0.15) is 0 Å². The second-order valence-corrected chi connectivity index (χ2v) is 5.96. The summed E-state index contributed by atoms with van der Waals surface area (Å²) in [6, 6.07) is 0.442. The molecule has 0 heterocycles. The molecule has 5 unspecified atom stereocenters. The van der Waals surface area contributed by atoms with E-state index >= 15 is 0 Å². The first-order valence-electron chi connectivity index (χ1n) is 5.95. The molecule has 5 atom stereocenters. The summed E-state index contributed by atoms with van der Waals surface area (Å²) in [6.45, 7) is 2.24. The fraction of sp³-hybridized carbons (Fsp3) is 1.00. The lowest BCUT2D eigenvalue weighted by Gasteiger charge is -2.47. The summed E-state index contributed by atoms with van der Waals surface area (Å²) in [7, 11) is 0. The maximum atomic E-state index is 6.19. The van der Waals surface area contributed by atoms with E-state index in [2.05, 4.69) is 6.92 Å². The Kier molecular flexibility index (Phi) is 1.59. The summed E-state index contributed by atoms with van der Waals surface area (Å²) in [5.41, 5.74) is 6.76. The van der Waals surface area contributed by atoms with Gasteiger partial charge in [0.25, 0.3) is 0 Å². The van der Waals surface area contributed by atoms with Crippen LogP contribution in [-0.2, 0) is 0 Å². The van der Waals surface area contributed by atoms with Crippen LogP contribution in [0.25, 0.3) is 0 Å². The first-order chi connectivity index (χ1) is 6.20. The van der Waals surface area contributed by atoms with E-state index in [0.717, 1.165) is 17.8 Å². The smallest absolute Gasteiger partial charge is 0.00672 e. The zero-order valence-corrected chi connectivity index (χ0v) is 8.63. The molecule has 0 aromatic rings. The van der Waals surface area contributed by atoms with E-state index in [4.69, 9.17) is 5.73 Å². The minimum atomic E-state index is 0.442. The van der Waals surface area contributed by atoms with Crippen LogP contribution >= 0.6 is 0 Å². The normalized spacial score (nSPS) is 55.4. The summed E-state index contributed by atoms with van der Waals surface area (Å²) < 4.78 is 0. The molecule has 13 heavy (non-hydrogen) atoms. The molecule has 0 spiro atoms. The number of hydrogen-bond acceptors (Lipinski definition) is 1. The van der Waals surface area contributed by atoms with Gasteiger partial charge in [-0.3, -0.25) is 0 Å². The topological polar surface area (TPSA) is 26.0 Å². The van der Waals surface area contributed by atoms with Gasteiger partial charge in [0.2, 0.25) is 0 Å². The van der Waals surface area contributed by atoms with E-state index in [-0.39, 0.29) is 0 Å². The third-order valence-corrected chi connectivity index (χ3v) is 5.28. The highest BCUT2D eigenvalue weighted by atomic mass is 14.7. The van der Waals surface area contributed by atoms with Crippen LogP contribution in [0.4, 0.5) is 0 Å². The molecule has 0 aromatic heterocycles. The van der Waals surface area contributed by atoms with E-state index < -0.39 is 0 Å². The molecule has 0 radical (unpaired) electrons. The van der Waals surface area contributed by atoms with Crippen LogP contribution < -0.4 is 5.73 Å². The van der Waals surface area contributed by atoms with Gasteiger partial charge in [0.1, 0.15) is 0 Å². The molecule has 3 rings (SSSR count). The van der Waals surface area contributed by atoms with E-state index in [0.29, 0.717) is 11.5 Å². The molecule has 3 aliphatic rings. The van der Waals surface area contributed by atoms with Gasteiger partial charge in [-0.15, -0.1) is 0 Å². The molecule has 3 aliphatic carbocycles. The largest absolute Gasteiger partial charge is 0.327 e. The van der Waals surface area contributed by atoms with Crippen LogP contribution in [0.2, 0.25) is 0 Å². The van der Waals surface area contributed by atoms with E-state index in [9.17, 15) is 0 Å². The molecule has 74 valence electrons. The van der Waals surface area contributed by atoms with Gasteiger partial charge in [0.15, 0.2) is 0 Å². The summed E-state index contributed by atoms with van der Waals surface area (Å²) >= 11 is 0. The molecule has 3 fully saturated rings. The Morgan fingerprint density at radius 3 is 2.77 bits per heavy atom. The van der Waals surface area contributed by atoms with Crippen molar-refractivity contribution in [3.63, 3.8) is 0 Å². The molecule has 0 saturated heterocycles. The average Bonchev–Trinajstić information content (AvgIpc) is 2.28. The predicted molar refractivity (Wildman–Crippen MR) is 54.3 cm³/mol. The van der Waals surface area contributed by atoms with Gasteiger partial charge in [-0.05, 0) is 68.6 Å². The van der Waals surface area contributed by atoms with Gasteiger partial charge < -0.3 is 5.73 Å². The third kappa shape index (κ3) is 1.03. The Hall–Kier alpha value is -0.0400. The van der Waals surface area contributed by atoms with Crippen molar-refractivity contribution in [3.8, 4) is 0 Å². The Balaban J connectivity index is 1.93. The number of nitrogens with two attached hydrogens (primary N) is 1. The minimum absolute atomic E-state index is 0.442. The van der Waals surface area contributed by atoms with Crippen LogP contribution in [-0.4, -0.2) is 6.04 Å². The van der Waals surface area contributed by atoms with Crippen molar-refractivity contribution in [1.82, 2.24) is 0 Å². The lowest BCUT2D eigenvalue weighted by Crippen LogP contribution is -2.46. The fourth-order valence-corrected chi connectivity index (χ4v) is 4.56. The zero-order valence-electron chi connectivity index (χ0n) is 8.63. The number of fused-ring (bicyclic) bond motifs is 2. The van der Waals surface area contributed by atoms with Crippen LogP contribution in [0.3, 0.4) is 0 Å². The molecule has 1 heteroatoms. The van der Waals surface area contributed by atoms with Crippen LogP contribution in [0, 0.1) is 23.2 Å². The lowest BCUT2D eigenvalue weighted by molar-refractivity contribution is 0.0493. The Morgan fingerprint density at radius 2 is 2.00 bits per heavy atom. The number of hydrogen-bond donors (Lipinski definition) is 1. The monoisotopic (exact) mass is 179 g/mol. The van der Waals surface area contributed by atoms with Gasteiger partial charge in [0.05, 0.1) is 0 Å². The van der Waals surface area contributed by atoms with Gasteiger partial charge >= 0.3 is 0 Å². The maximum absolute atomic E-state index is 6.19. The molecule has 2 N–H and O–H groups in total. The Bertz CT molecular complexity index is 219. The molecular weight excluding hydrogens is 158 g/mol. The van der Waals surface area contributed by atoms with Crippen molar-refractivity contribution < 1.29 is 0 Å². The molecule has 0 aliphatic heterocycles. The highest BCUT2D eigenvalue weighted by Crippen LogP contribution is 2.61. The lowest BCUT2D eigenvalue weighted by atomic mass is 9.59. The summed E-state index contributed by atoms with van der Waals surface area (Å²) in [4.78, 5) is 0. The van der Waals surface area contributed by atoms with Gasteiger partial charge in [-0.1, -0.05) is 0 Å². The first kappa shape index (κ1) is 8.28. The molecule has 0 aromatic carbocycles. The SMILES string of the molecule is CC(N)C12CCC3CC(CC3C1)C2. The standard InChI is InChI=1S/C12H21N/c1-8(13)12-3-2-10-4-9(6-12)5-11(10)7-12/h8-11H,2-7,13H2,1H3. The van der Waals surface area contributed by atoms with Crippen molar-refractivity contribution in [2.24, 2.45) is 28.9 Å².